The molecular formula is C23H20F2N2O3S. The summed E-state index contributed by atoms with van der Waals surface area (Å²) in [4.78, 5) is 39.0. The van der Waals surface area contributed by atoms with Gasteiger partial charge in [0.2, 0.25) is 5.91 Å². The number of hydrogen-bond donors (Lipinski definition) is 1. The molecule has 0 bridgehead atoms. The van der Waals surface area contributed by atoms with E-state index in [1.54, 1.807) is 12.1 Å². The summed E-state index contributed by atoms with van der Waals surface area (Å²) in [6, 6.07) is 11.7. The minimum Gasteiger partial charge on any atom is -0.354 e. The lowest BCUT2D eigenvalue weighted by Crippen LogP contribution is -2.50. The molecule has 31 heavy (non-hydrogen) atoms. The van der Waals surface area contributed by atoms with Crippen LogP contribution in [-0.2, 0) is 15.0 Å². The van der Waals surface area contributed by atoms with E-state index in [9.17, 15) is 23.2 Å². The Bertz CT molecular complexity index is 1060. The Morgan fingerprint density at radius 1 is 1.10 bits per heavy atom. The highest BCUT2D eigenvalue weighted by Crippen LogP contribution is 2.44. The van der Waals surface area contributed by atoms with Gasteiger partial charge in [0.1, 0.15) is 11.6 Å². The minimum atomic E-state index is -0.760. The van der Waals surface area contributed by atoms with Crippen LogP contribution in [0.25, 0.3) is 6.08 Å². The van der Waals surface area contributed by atoms with E-state index >= 15 is 0 Å². The number of benzene rings is 2. The molecule has 0 spiro atoms. The van der Waals surface area contributed by atoms with Crippen LogP contribution in [0, 0.1) is 11.6 Å². The summed E-state index contributed by atoms with van der Waals surface area (Å²) in [6.07, 6.45) is 3.67. The first-order valence-corrected chi connectivity index (χ1v) is 10.8. The molecule has 2 aliphatic rings. The van der Waals surface area contributed by atoms with Crippen LogP contribution in [0.4, 0.5) is 13.6 Å². The molecule has 1 saturated heterocycles. The van der Waals surface area contributed by atoms with Crippen LogP contribution in [0.15, 0.2) is 53.4 Å². The highest BCUT2D eigenvalue weighted by Gasteiger charge is 2.45. The summed E-state index contributed by atoms with van der Waals surface area (Å²) in [5.74, 6) is -1.44. The van der Waals surface area contributed by atoms with Crippen molar-refractivity contribution in [3.05, 3.63) is 76.2 Å². The fourth-order valence-corrected chi connectivity index (χ4v) is 4.68. The molecule has 4 rings (SSSR count). The van der Waals surface area contributed by atoms with E-state index in [4.69, 9.17) is 0 Å². The Kier molecular flexibility index (Phi) is 5.91. The number of carbonyl (C=O) groups excluding carboxylic acids is 3. The monoisotopic (exact) mass is 442 g/mol. The lowest BCUT2D eigenvalue weighted by molar-refractivity contribution is -0.130. The average Bonchev–Trinajstić information content (AvgIpc) is 2.96. The van der Waals surface area contributed by atoms with Gasteiger partial charge < -0.3 is 5.32 Å². The van der Waals surface area contributed by atoms with Crippen molar-refractivity contribution < 1.29 is 23.2 Å². The summed E-state index contributed by atoms with van der Waals surface area (Å²) in [5, 5.41) is 2.38. The van der Waals surface area contributed by atoms with Crippen LogP contribution >= 0.6 is 11.8 Å². The maximum Gasteiger partial charge on any atom is 0.293 e. The fourth-order valence-electron chi connectivity index (χ4n) is 3.82. The first-order valence-electron chi connectivity index (χ1n) is 9.94. The number of amides is 3. The number of imide groups is 1. The molecule has 2 aromatic carbocycles. The molecule has 1 saturated carbocycles. The maximum atomic E-state index is 13.6. The molecular weight excluding hydrogens is 422 g/mol. The zero-order valence-corrected chi connectivity index (χ0v) is 17.4. The van der Waals surface area contributed by atoms with Crippen LogP contribution in [0.1, 0.15) is 30.4 Å². The molecule has 1 heterocycles. The maximum absolute atomic E-state index is 13.6. The second kappa shape index (κ2) is 8.63. The lowest BCUT2D eigenvalue weighted by Gasteiger charge is -2.40. The Balaban J connectivity index is 1.38. The molecule has 1 aliphatic carbocycles. The SMILES string of the molecule is O=C1S/C(=C\c2ccc(F)cc2)C(=O)N1CCNC(=O)C1(c2cccc(F)c2)CCC1. The van der Waals surface area contributed by atoms with Gasteiger partial charge in [0.25, 0.3) is 11.1 Å². The van der Waals surface area contributed by atoms with E-state index in [2.05, 4.69) is 5.32 Å². The van der Waals surface area contributed by atoms with Crippen molar-refractivity contribution in [2.45, 2.75) is 24.7 Å². The fraction of sp³-hybridized carbons (Fsp3) is 0.261. The smallest absolute Gasteiger partial charge is 0.293 e. The molecule has 2 fully saturated rings. The van der Waals surface area contributed by atoms with E-state index < -0.39 is 16.6 Å². The topological polar surface area (TPSA) is 66.5 Å². The second-order valence-electron chi connectivity index (χ2n) is 7.59. The van der Waals surface area contributed by atoms with Crippen molar-refractivity contribution in [1.29, 1.82) is 0 Å². The van der Waals surface area contributed by atoms with Crippen molar-refractivity contribution in [3.8, 4) is 0 Å². The zero-order chi connectivity index (χ0) is 22.0. The molecule has 8 heteroatoms. The van der Waals surface area contributed by atoms with Crippen LogP contribution < -0.4 is 5.32 Å². The van der Waals surface area contributed by atoms with Gasteiger partial charge in [0, 0.05) is 13.1 Å². The van der Waals surface area contributed by atoms with E-state index in [1.807, 2.05) is 0 Å². The first-order chi connectivity index (χ1) is 14.9. The van der Waals surface area contributed by atoms with Gasteiger partial charge in [-0.15, -0.1) is 0 Å². The third kappa shape index (κ3) is 4.25. The van der Waals surface area contributed by atoms with Crippen molar-refractivity contribution in [2.24, 2.45) is 0 Å². The summed E-state index contributed by atoms with van der Waals surface area (Å²) in [6.45, 7) is 0.147. The molecule has 160 valence electrons. The Morgan fingerprint density at radius 2 is 1.84 bits per heavy atom. The number of nitrogens with zero attached hydrogens (tertiary/aromatic N) is 1. The van der Waals surface area contributed by atoms with Crippen molar-refractivity contribution >= 4 is 34.9 Å². The normalized spacial score (nSPS) is 18.9. The molecule has 1 aliphatic heterocycles. The van der Waals surface area contributed by atoms with Crippen molar-refractivity contribution in [3.63, 3.8) is 0 Å². The number of nitrogens with one attached hydrogen (secondary N) is 1. The predicted octanol–water partition coefficient (Wildman–Crippen LogP) is 4.24. The van der Waals surface area contributed by atoms with E-state index in [0.717, 1.165) is 23.1 Å². The van der Waals surface area contributed by atoms with Crippen LogP contribution in [0.3, 0.4) is 0 Å². The van der Waals surface area contributed by atoms with Gasteiger partial charge >= 0.3 is 0 Å². The summed E-state index contributed by atoms with van der Waals surface area (Å²) < 4.78 is 26.7. The highest BCUT2D eigenvalue weighted by atomic mass is 32.2. The van der Waals surface area contributed by atoms with Gasteiger partial charge in [-0.1, -0.05) is 30.7 Å². The van der Waals surface area contributed by atoms with E-state index in [0.29, 0.717) is 24.0 Å². The van der Waals surface area contributed by atoms with E-state index in [1.165, 1.54) is 42.5 Å². The van der Waals surface area contributed by atoms with Gasteiger partial charge in [-0.05, 0) is 66.1 Å². The van der Waals surface area contributed by atoms with Gasteiger partial charge in [0.05, 0.1) is 10.3 Å². The summed E-state index contributed by atoms with van der Waals surface area (Å²) in [5.41, 5.74) is 0.496. The standard InChI is InChI=1S/C23H20F2N2O3S/c24-17-7-5-15(6-8-17)13-19-20(28)27(22(30)31-19)12-11-26-21(29)23(9-2-10-23)16-3-1-4-18(25)14-16/h1,3-8,13-14H,2,9-12H2,(H,26,29)/b19-13-. The largest absolute Gasteiger partial charge is 0.354 e. The number of rotatable bonds is 6. The third-order valence-corrected chi connectivity index (χ3v) is 6.59. The number of thioether (sulfide) groups is 1. The molecule has 2 aromatic rings. The molecule has 1 N–H and O–H groups in total. The van der Waals surface area contributed by atoms with Crippen molar-refractivity contribution in [1.82, 2.24) is 10.2 Å². The third-order valence-electron chi connectivity index (χ3n) is 5.68. The van der Waals surface area contributed by atoms with Gasteiger partial charge in [-0.2, -0.15) is 0 Å². The lowest BCUT2D eigenvalue weighted by atomic mass is 9.64. The van der Waals surface area contributed by atoms with Crippen LogP contribution in [0.5, 0.6) is 0 Å². The molecule has 3 amide bonds. The number of hydrogen-bond acceptors (Lipinski definition) is 4. The summed E-state index contributed by atoms with van der Waals surface area (Å²) in [7, 11) is 0. The molecule has 5 nitrogen and oxygen atoms in total. The van der Waals surface area contributed by atoms with Crippen LogP contribution in [0.2, 0.25) is 0 Å². The second-order valence-corrected chi connectivity index (χ2v) is 8.58. The van der Waals surface area contributed by atoms with Gasteiger partial charge in [-0.3, -0.25) is 19.3 Å². The van der Waals surface area contributed by atoms with Gasteiger partial charge in [-0.25, -0.2) is 8.78 Å². The van der Waals surface area contributed by atoms with Crippen molar-refractivity contribution in [2.75, 3.05) is 13.1 Å². The Morgan fingerprint density at radius 3 is 2.48 bits per heavy atom. The quantitative estimate of drug-likeness (QED) is 0.680. The molecule has 0 atom stereocenters. The molecule has 0 unspecified atom stereocenters. The highest BCUT2D eigenvalue weighted by molar-refractivity contribution is 8.18. The predicted molar refractivity (Wildman–Crippen MR) is 114 cm³/mol. The number of carbonyl (C=O) groups is 3. The Labute approximate surface area is 182 Å². The zero-order valence-electron chi connectivity index (χ0n) is 16.6. The minimum absolute atomic E-state index is 0.0381. The molecule has 0 radical (unpaired) electrons. The molecule has 0 aromatic heterocycles. The Hall–Kier alpha value is -3.00. The number of halogens is 2. The van der Waals surface area contributed by atoms with Gasteiger partial charge in [0.15, 0.2) is 0 Å². The van der Waals surface area contributed by atoms with Crippen LogP contribution in [-0.4, -0.2) is 35.0 Å². The average molecular weight is 442 g/mol. The summed E-state index contributed by atoms with van der Waals surface area (Å²) >= 11 is 0.810. The van der Waals surface area contributed by atoms with E-state index in [-0.39, 0.29) is 35.5 Å². The first kappa shape index (κ1) is 21.2.